The molecular formula is C11H11F4NO. The lowest BCUT2D eigenvalue weighted by molar-refractivity contribution is -0.139. The molecule has 0 bridgehead atoms. The van der Waals surface area contributed by atoms with Gasteiger partial charge in [-0.2, -0.15) is 13.2 Å². The minimum Gasteiger partial charge on any atom is -0.378 e. The summed E-state index contributed by atoms with van der Waals surface area (Å²) in [6.45, 7) is 0.882. The van der Waals surface area contributed by atoms with Crippen molar-refractivity contribution in [3.8, 4) is 0 Å². The summed E-state index contributed by atoms with van der Waals surface area (Å²) in [7, 11) is 0. The van der Waals surface area contributed by atoms with E-state index in [1.807, 2.05) is 0 Å². The molecule has 1 fully saturated rings. The van der Waals surface area contributed by atoms with E-state index in [4.69, 9.17) is 4.74 Å². The van der Waals surface area contributed by atoms with Gasteiger partial charge >= 0.3 is 6.18 Å². The van der Waals surface area contributed by atoms with Gasteiger partial charge in [0.15, 0.2) is 0 Å². The molecule has 6 heteroatoms. The molecule has 1 aliphatic rings. The number of benzene rings is 1. The number of nitrogens with one attached hydrogen (secondary N) is 1. The molecule has 1 N–H and O–H groups in total. The van der Waals surface area contributed by atoms with Crippen molar-refractivity contribution in [1.29, 1.82) is 0 Å². The monoisotopic (exact) mass is 249 g/mol. The first kappa shape index (κ1) is 12.3. The summed E-state index contributed by atoms with van der Waals surface area (Å²) in [5.74, 6) is -0.858. The fraction of sp³-hybridized carbons (Fsp3) is 0.455. The predicted octanol–water partition coefficient (Wildman–Crippen LogP) is 2.51. The molecule has 1 atom stereocenters. The van der Waals surface area contributed by atoms with Crippen LogP contribution < -0.4 is 5.32 Å². The van der Waals surface area contributed by atoms with E-state index in [2.05, 4.69) is 5.32 Å². The van der Waals surface area contributed by atoms with Crippen molar-refractivity contribution in [1.82, 2.24) is 5.32 Å². The molecule has 1 aromatic rings. The summed E-state index contributed by atoms with van der Waals surface area (Å²) in [4.78, 5) is 0. The maximum atomic E-state index is 13.6. The van der Waals surface area contributed by atoms with Crippen molar-refractivity contribution < 1.29 is 22.3 Å². The van der Waals surface area contributed by atoms with Gasteiger partial charge in [0, 0.05) is 12.1 Å². The Morgan fingerprint density at radius 3 is 2.65 bits per heavy atom. The van der Waals surface area contributed by atoms with Crippen molar-refractivity contribution in [3.63, 3.8) is 0 Å². The van der Waals surface area contributed by atoms with Gasteiger partial charge in [-0.15, -0.1) is 0 Å². The molecule has 1 aliphatic heterocycles. The molecule has 0 unspecified atom stereocenters. The Balaban J connectivity index is 2.43. The van der Waals surface area contributed by atoms with E-state index < -0.39 is 23.6 Å². The average molecular weight is 249 g/mol. The SMILES string of the molecule is Fc1cccc(C(F)(F)F)c1[C@@H]1COCCN1. The fourth-order valence-electron chi connectivity index (χ4n) is 1.89. The topological polar surface area (TPSA) is 21.3 Å². The Labute approximate surface area is 95.6 Å². The Kier molecular flexibility index (Phi) is 3.35. The van der Waals surface area contributed by atoms with Crippen LogP contribution in [0.15, 0.2) is 18.2 Å². The van der Waals surface area contributed by atoms with Crippen LogP contribution in [0.1, 0.15) is 17.2 Å². The second-order valence-electron chi connectivity index (χ2n) is 3.78. The smallest absolute Gasteiger partial charge is 0.378 e. The molecule has 0 saturated carbocycles. The molecular weight excluding hydrogens is 238 g/mol. The lowest BCUT2D eigenvalue weighted by atomic mass is 9.99. The quantitative estimate of drug-likeness (QED) is 0.772. The van der Waals surface area contributed by atoms with Crippen LogP contribution in [0, 0.1) is 5.82 Å². The minimum absolute atomic E-state index is 0.0456. The summed E-state index contributed by atoms with van der Waals surface area (Å²) in [6.07, 6.45) is -4.56. The number of alkyl halides is 3. The molecule has 0 amide bonds. The highest BCUT2D eigenvalue weighted by Crippen LogP contribution is 2.36. The second-order valence-corrected chi connectivity index (χ2v) is 3.78. The molecule has 17 heavy (non-hydrogen) atoms. The van der Waals surface area contributed by atoms with E-state index >= 15 is 0 Å². The molecule has 94 valence electrons. The van der Waals surface area contributed by atoms with E-state index in [1.54, 1.807) is 0 Å². The molecule has 0 radical (unpaired) electrons. The third kappa shape index (κ3) is 2.58. The summed E-state index contributed by atoms with van der Waals surface area (Å²) in [6, 6.07) is 2.22. The van der Waals surface area contributed by atoms with Crippen molar-refractivity contribution >= 4 is 0 Å². The van der Waals surface area contributed by atoms with Crippen LogP contribution >= 0.6 is 0 Å². The van der Waals surface area contributed by atoms with E-state index in [1.165, 1.54) is 0 Å². The molecule has 2 rings (SSSR count). The maximum absolute atomic E-state index is 13.6. The maximum Gasteiger partial charge on any atom is 0.416 e. The van der Waals surface area contributed by atoms with Gasteiger partial charge in [0.1, 0.15) is 5.82 Å². The second kappa shape index (κ2) is 4.62. The van der Waals surface area contributed by atoms with E-state index in [0.29, 0.717) is 13.2 Å². The van der Waals surface area contributed by atoms with Crippen LogP contribution in [0.25, 0.3) is 0 Å². The number of ether oxygens (including phenoxy) is 1. The third-order valence-corrected chi connectivity index (χ3v) is 2.63. The van der Waals surface area contributed by atoms with Gasteiger partial charge in [0.05, 0.1) is 24.8 Å². The molecule has 1 heterocycles. The van der Waals surface area contributed by atoms with Crippen LogP contribution in [-0.2, 0) is 10.9 Å². The molecule has 0 spiro atoms. The Morgan fingerprint density at radius 1 is 1.29 bits per heavy atom. The Bertz CT molecular complexity index is 399. The van der Waals surface area contributed by atoms with Gasteiger partial charge in [-0.25, -0.2) is 4.39 Å². The van der Waals surface area contributed by atoms with Crippen molar-refractivity contribution in [3.05, 3.63) is 35.1 Å². The number of rotatable bonds is 1. The fourth-order valence-corrected chi connectivity index (χ4v) is 1.89. The lowest BCUT2D eigenvalue weighted by Crippen LogP contribution is -2.36. The van der Waals surface area contributed by atoms with Crippen LogP contribution in [-0.4, -0.2) is 19.8 Å². The Hall–Kier alpha value is -1.14. The highest BCUT2D eigenvalue weighted by atomic mass is 19.4. The van der Waals surface area contributed by atoms with E-state index in [0.717, 1.165) is 18.2 Å². The number of morpholine rings is 1. The van der Waals surface area contributed by atoms with Gasteiger partial charge in [0.2, 0.25) is 0 Å². The molecule has 0 aromatic heterocycles. The first-order chi connectivity index (χ1) is 8.00. The Morgan fingerprint density at radius 2 is 2.06 bits per heavy atom. The standard InChI is InChI=1S/C11H11F4NO/c12-8-3-1-2-7(11(13,14)15)10(8)9-6-17-5-4-16-9/h1-3,9,16H,4-6H2/t9-/m0/s1. The first-order valence-electron chi connectivity index (χ1n) is 5.17. The number of halogens is 4. The lowest BCUT2D eigenvalue weighted by Gasteiger charge is -2.27. The predicted molar refractivity (Wildman–Crippen MR) is 53.0 cm³/mol. The number of hydrogen-bond donors (Lipinski definition) is 1. The zero-order valence-corrected chi connectivity index (χ0v) is 8.85. The van der Waals surface area contributed by atoms with Gasteiger partial charge in [-0.3, -0.25) is 0 Å². The van der Waals surface area contributed by atoms with Crippen LogP contribution in [0.2, 0.25) is 0 Å². The summed E-state index contributed by atoms with van der Waals surface area (Å²) < 4.78 is 56.9. The third-order valence-electron chi connectivity index (χ3n) is 2.63. The zero-order valence-electron chi connectivity index (χ0n) is 8.85. The van der Waals surface area contributed by atoms with Crippen molar-refractivity contribution in [2.75, 3.05) is 19.8 Å². The highest BCUT2D eigenvalue weighted by Gasteiger charge is 2.37. The summed E-state index contributed by atoms with van der Waals surface area (Å²) in [5, 5.41) is 2.82. The van der Waals surface area contributed by atoms with E-state index in [-0.39, 0.29) is 12.2 Å². The highest BCUT2D eigenvalue weighted by molar-refractivity contribution is 5.34. The van der Waals surface area contributed by atoms with Crippen LogP contribution in [0.3, 0.4) is 0 Å². The van der Waals surface area contributed by atoms with Gasteiger partial charge in [-0.1, -0.05) is 6.07 Å². The van der Waals surface area contributed by atoms with Crippen molar-refractivity contribution in [2.45, 2.75) is 12.2 Å². The van der Waals surface area contributed by atoms with Gasteiger partial charge < -0.3 is 10.1 Å². The first-order valence-corrected chi connectivity index (χ1v) is 5.17. The molecule has 1 saturated heterocycles. The van der Waals surface area contributed by atoms with Gasteiger partial charge in [-0.05, 0) is 12.1 Å². The van der Waals surface area contributed by atoms with E-state index in [9.17, 15) is 17.6 Å². The minimum atomic E-state index is -4.56. The normalized spacial score (nSPS) is 21.5. The largest absolute Gasteiger partial charge is 0.416 e. The molecule has 1 aromatic carbocycles. The zero-order chi connectivity index (χ0) is 12.5. The van der Waals surface area contributed by atoms with Crippen LogP contribution in [0.4, 0.5) is 17.6 Å². The summed E-state index contributed by atoms with van der Waals surface area (Å²) >= 11 is 0. The van der Waals surface area contributed by atoms with Crippen molar-refractivity contribution in [2.24, 2.45) is 0 Å². The van der Waals surface area contributed by atoms with Gasteiger partial charge in [0.25, 0.3) is 0 Å². The average Bonchev–Trinajstić information content (AvgIpc) is 2.28. The molecule has 0 aliphatic carbocycles. The van der Waals surface area contributed by atoms with Crippen LogP contribution in [0.5, 0.6) is 0 Å². The number of hydrogen-bond acceptors (Lipinski definition) is 2. The molecule has 2 nitrogen and oxygen atoms in total. The summed E-state index contributed by atoms with van der Waals surface area (Å²) in [5.41, 5.74) is -1.31.